The Labute approximate surface area is 199 Å². The number of rotatable bonds is 18. The average Bonchev–Trinajstić information content (AvgIpc) is 3.36. The molecule has 2 rings (SSSR count). The van der Waals surface area contributed by atoms with Crippen LogP contribution in [-0.4, -0.2) is 56.5 Å². The molecule has 2 aliphatic heterocycles. The van der Waals surface area contributed by atoms with E-state index < -0.39 is 16.0 Å². The summed E-state index contributed by atoms with van der Waals surface area (Å²) in [5.41, 5.74) is 0. The van der Waals surface area contributed by atoms with E-state index in [-0.39, 0.29) is 24.6 Å². The first-order valence-corrected chi connectivity index (χ1v) is 14.2. The predicted octanol–water partition coefficient (Wildman–Crippen LogP) is 3.38. The number of aliphatic carboxylic acids is 1. The number of carbonyl (C=O) groups is 2. The van der Waals surface area contributed by atoms with E-state index in [1.54, 1.807) is 0 Å². The lowest BCUT2D eigenvalue weighted by Gasteiger charge is -2.27. The topological polar surface area (TPSA) is 122 Å². The fourth-order valence-electron chi connectivity index (χ4n) is 4.92. The lowest BCUT2D eigenvalue weighted by atomic mass is 9.75. The van der Waals surface area contributed by atoms with Crippen molar-refractivity contribution in [1.82, 2.24) is 10.0 Å². The number of nitrogens with one attached hydrogen (secondary N) is 2. The Balaban J connectivity index is 1.60. The molecule has 0 radical (unpaired) electrons. The number of carboxylic acid groups (broad SMARTS) is 1. The van der Waals surface area contributed by atoms with Crippen LogP contribution >= 0.6 is 0 Å². The van der Waals surface area contributed by atoms with E-state index in [9.17, 15) is 18.0 Å². The van der Waals surface area contributed by atoms with Crippen LogP contribution in [0, 0.1) is 11.8 Å². The number of fused-ring (bicyclic) bond motifs is 2. The molecule has 8 nitrogen and oxygen atoms in total. The van der Waals surface area contributed by atoms with Crippen LogP contribution in [0.4, 0.5) is 0 Å². The molecule has 0 aromatic heterocycles. The largest absolute Gasteiger partial charge is 0.481 e. The highest BCUT2D eigenvalue weighted by atomic mass is 32.2. The highest BCUT2D eigenvalue weighted by molar-refractivity contribution is 7.89. The van der Waals surface area contributed by atoms with E-state index in [0.29, 0.717) is 43.4 Å². The van der Waals surface area contributed by atoms with Gasteiger partial charge in [-0.05, 0) is 63.2 Å². The van der Waals surface area contributed by atoms with E-state index in [4.69, 9.17) is 9.84 Å². The third kappa shape index (κ3) is 10.6. The van der Waals surface area contributed by atoms with Gasteiger partial charge in [0.2, 0.25) is 15.9 Å². The molecular weight excluding hydrogens is 444 g/mol. The summed E-state index contributed by atoms with van der Waals surface area (Å²) in [6.45, 7) is 2.37. The fraction of sp³-hybridized carbons (Fsp3) is 0.833. The van der Waals surface area contributed by atoms with E-state index >= 15 is 0 Å². The number of hydrogen-bond donors (Lipinski definition) is 3. The van der Waals surface area contributed by atoms with Crippen LogP contribution in [0.15, 0.2) is 12.2 Å². The molecule has 0 aromatic rings. The third-order valence-electron chi connectivity index (χ3n) is 6.68. The maximum Gasteiger partial charge on any atom is 0.303 e. The van der Waals surface area contributed by atoms with Crippen LogP contribution < -0.4 is 10.0 Å². The molecular formula is C24H42N2O6S. The number of allylic oxidation sites excluding steroid dienone is 2. The summed E-state index contributed by atoms with van der Waals surface area (Å²) in [5, 5.41) is 11.5. The van der Waals surface area contributed by atoms with Gasteiger partial charge in [-0.2, -0.15) is 0 Å². The zero-order valence-electron chi connectivity index (χ0n) is 20.0. The first-order valence-electron chi connectivity index (χ1n) is 12.6. The van der Waals surface area contributed by atoms with Crippen LogP contribution in [0.2, 0.25) is 0 Å². The predicted molar refractivity (Wildman–Crippen MR) is 128 cm³/mol. The number of sulfonamides is 1. The second kappa shape index (κ2) is 14.7. The van der Waals surface area contributed by atoms with Gasteiger partial charge in [0.15, 0.2) is 0 Å². The Kier molecular flexibility index (Phi) is 12.4. The minimum absolute atomic E-state index is 0.0679. The van der Waals surface area contributed by atoms with Crippen LogP contribution in [0.25, 0.3) is 0 Å². The van der Waals surface area contributed by atoms with Gasteiger partial charge in [0.05, 0.1) is 24.5 Å². The molecule has 0 aromatic carbocycles. The summed E-state index contributed by atoms with van der Waals surface area (Å²) in [5.74, 6) is 0.0978. The summed E-state index contributed by atoms with van der Waals surface area (Å²) in [7, 11) is -3.38. The zero-order chi connectivity index (χ0) is 24.1. The van der Waals surface area contributed by atoms with Gasteiger partial charge in [0.25, 0.3) is 0 Å². The molecule has 2 heterocycles. The summed E-state index contributed by atoms with van der Waals surface area (Å²) < 4.78 is 32.2. The van der Waals surface area contributed by atoms with Crippen molar-refractivity contribution in [3.8, 4) is 0 Å². The van der Waals surface area contributed by atoms with Crippen LogP contribution in [0.3, 0.4) is 0 Å². The number of unbranched alkanes of at least 4 members (excludes halogenated alkanes) is 4. The summed E-state index contributed by atoms with van der Waals surface area (Å²) in [6, 6.07) is 0. The van der Waals surface area contributed by atoms with Gasteiger partial charge >= 0.3 is 5.97 Å². The molecule has 2 saturated heterocycles. The summed E-state index contributed by atoms with van der Waals surface area (Å²) in [6.07, 6.45) is 15.3. The lowest BCUT2D eigenvalue weighted by molar-refractivity contribution is -0.137. The Morgan fingerprint density at radius 3 is 2.52 bits per heavy atom. The molecule has 3 N–H and O–H groups in total. The van der Waals surface area contributed by atoms with Crippen LogP contribution in [-0.2, 0) is 24.3 Å². The van der Waals surface area contributed by atoms with Gasteiger partial charge < -0.3 is 15.2 Å². The van der Waals surface area contributed by atoms with Crippen molar-refractivity contribution in [3.63, 3.8) is 0 Å². The fourth-order valence-corrected chi connectivity index (χ4v) is 6.00. The first kappa shape index (κ1) is 27.8. The Morgan fingerprint density at radius 2 is 1.79 bits per heavy atom. The van der Waals surface area contributed by atoms with Gasteiger partial charge in [0, 0.05) is 13.0 Å². The molecule has 0 spiro atoms. The molecule has 2 fully saturated rings. The Hall–Kier alpha value is -1.45. The standard InChI is InChI=1S/C24H42N2O6S/c1-2-3-10-17-33(30,31)26-18-23(27)25-16-9-8-12-20-19(21-14-15-22(20)32-21)11-6-4-5-7-13-24(28)29/h4,6,19-22,26H,2-3,5,7-18H2,1H3,(H,25,27)(H,28,29)/t19-,20+,21-,22+/m1/s1. The number of ether oxygens (including phenoxy) is 1. The van der Waals surface area contributed by atoms with Crippen molar-refractivity contribution in [2.24, 2.45) is 11.8 Å². The molecule has 9 heteroatoms. The maximum atomic E-state index is 11.9. The monoisotopic (exact) mass is 486 g/mol. The van der Waals surface area contributed by atoms with Crippen LogP contribution in [0.5, 0.6) is 0 Å². The average molecular weight is 487 g/mol. The highest BCUT2D eigenvalue weighted by Gasteiger charge is 2.47. The second-order valence-electron chi connectivity index (χ2n) is 9.30. The number of carboxylic acids is 1. The smallest absolute Gasteiger partial charge is 0.303 e. The number of hydrogen-bond acceptors (Lipinski definition) is 5. The Bertz CT molecular complexity index is 739. The second-order valence-corrected chi connectivity index (χ2v) is 11.2. The van der Waals surface area contributed by atoms with Gasteiger partial charge in [-0.3, -0.25) is 9.59 Å². The van der Waals surface area contributed by atoms with Crippen molar-refractivity contribution in [3.05, 3.63) is 12.2 Å². The molecule has 33 heavy (non-hydrogen) atoms. The Morgan fingerprint density at radius 1 is 1.03 bits per heavy atom. The quantitative estimate of drug-likeness (QED) is 0.202. The molecule has 0 saturated carbocycles. The molecule has 2 aliphatic rings. The normalized spacial score (nSPS) is 24.5. The third-order valence-corrected chi connectivity index (χ3v) is 8.09. The zero-order valence-corrected chi connectivity index (χ0v) is 20.8. The van der Waals surface area contributed by atoms with Gasteiger partial charge in [-0.25, -0.2) is 13.1 Å². The number of amides is 1. The molecule has 2 bridgehead atoms. The van der Waals surface area contributed by atoms with E-state index in [1.807, 2.05) is 6.92 Å². The van der Waals surface area contributed by atoms with Crippen molar-refractivity contribution in [2.75, 3.05) is 18.8 Å². The number of carbonyl (C=O) groups excluding carboxylic acids is 1. The van der Waals surface area contributed by atoms with Crippen molar-refractivity contribution in [2.45, 2.75) is 96.2 Å². The van der Waals surface area contributed by atoms with Gasteiger partial charge in [0.1, 0.15) is 0 Å². The molecule has 4 atom stereocenters. The van der Waals surface area contributed by atoms with Gasteiger partial charge in [-0.15, -0.1) is 0 Å². The van der Waals surface area contributed by atoms with Crippen molar-refractivity contribution >= 4 is 21.9 Å². The van der Waals surface area contributed by atoms with Gasteiger partial charge in [-0.1, -0.05) is 38.3 Å². The lowest BCUT2D eigenvalue weighted by Crippen LogP contribution is -2.38. The minimum atomic E-state index is -3.38. The summed E-state index contributed by atoms with van der Waals surface area (Å²) >= 11 is 0. The van der Waals surface area contributed by atoms with E-state index in [1.165, 1.54) is 0 Å². The minimum Gasteiger partial charge on any atom is -0.481 e. The molecule has 190 valence electrons. The highest BCUT2D eigenvalue weighted by Crippen LogP contribution is 2.47. The summed E-state index contributed by atoms with van der Waals surface area (Å²) in [4.78, 5) is 22.5. The van der Waals surface area contributed by atoms with E-state index in [0.717, 1.165) is 57.8 Å². The first-order chi connectivity index (χ1) is 15.8. The van der Waals surface area contributed by atoms with Crippen molar-refractivity contribution in [1.29, 1.82) is 0 Å². The van der Waals surface area contributed by atoms with Crippen molar-refractivity contribution < 1.29 is 27.9 Å². The molecule has 1 amide bonds. The van der Waals surface area contributed by atoms with Crippen LogP contribution in [0.1, 0.15) is 84.0 Å². The molecule has 0 aliphatic carbocycles. The maximum absolute atomic E-state index is 11.9. The van der Waals surface area contributed by atoms with E-state index in [2.05, 4.69) is 22.2 Å². The SMILES string of the molecule is CCCCCS(=O)(=O)NCC(=O)NCCCC[C@H]1[C@@H](CC=CCCCC(=O)O)[C@H]2CC[C@@H]1O2. The molecule has 0 unspecified atom stereocenters.